The maximum atomic E-state index is 4.67. The molecule has 1 heterocycles. The zero-order valence-corrected chi connectivity index (χ0v) is 9.28. The van der Waals surface area contributed by atoms with E-state index < -0.39 is 0 Å². The van der Waals surface area contributed by atoms with Crippen molar-refractivity contribution in [3.8, 4) is 0 Å². The van der Waals surface area contributed by atoms with E-state index in [4.69, 9.17) is 0 Å². The van der Waals surface area contributed by atoms with Crippen molar-refractivity contribution in [2.45, 2.75) is 39.2 Å². The van der Waals surface area contributed by atoms with Gasteiger partial charge in [-0.3, -0.25) is 0 Å². The van der Waals surface area contributed by atoms with Crippen LogP contribution < -0.4 is 5.32 Å². The highest BCUT2D eigenvalue weighted by molar-refractivity contribution is 4.78. The van der Waals surface area contributed by atoms with Gasteiger partial charge in [0.25, 0.3) is 0 Å². The number of nitrogens with zero attached hydrogens (tertiary/aromatic N) is 2. The second kappa shape index (κ2) is 5.26. The van der Waals surface area contributed by atoms with E-state index in [9.17, 15) is 0 Å². The monoisotopic (exact) mass is 209 g/mol. The number of hydrogen-bond acceptors (Lipinski definition) is 4. The van der Waals surface area contributed by atoms with Gasteiger partial charge in [-0.1, -0.05) is 24.9 Å². The van der Waals surface area contributed by atoms with Crippen LogP contribution in [0, 0.1) is 11.8 Å². The number of aromatic nitrogens is 2. The van der Waals surface area contributed by atoms with Gasteiger partial charge in [0.1, 0.15) is 0 Å². The van der Waals surface area contributed by atoms with Gasteiger partial charge in [-0.2, -0.15) is 4.98 Å². The summed E-state index contributed by atoms with van der Waals surface area (Å²) in [7, 11) is 0. The molecule has 0 radical (unpaired) electrons. The first-order chi connectivity index (χ1) is 7.34. The van der Waals surface area contributed by atoms with Crippen molar-refractivity contribution in [2.75, 3.05) is 6.54 Å². The highest BCUT2D eigenvalue weighted by Gasteiger charge is 2.18. The highest BCUT2D eigenvalue weighted by atomic mass is 16.5. The molecule has 1 fully saturated rings. The predicted molar refractivity (Wildman–Crippen MR) is 57.1 cm³/mol. The molecule has 0 spiro atoms. The van der Waals surface area contributed by atoms with E-state index in [2.05, 4.69) is 26.9 Å². The van der Waals surface area contributed by atoms with Crippen LogP contribution in [0.25, 0.3) is 0 Å². The van der Waals surface area contributed by atoms with Gasteiger partial charge in [-0.25, -0.2) is 0 Å². The lowest BCUT2D eigenvalue weighted by Crippen LogP contribution is -2.26. The lowest BCUT2D eigenvalue weighted by molar-refractivity contribution is 0.273. The molecule has 2 atom stereocenters. The van der Waals surface area contributed by atoms with Crippen LogP contribution in [0.1, 0.15) is 38.4 Å². The topological polar surface area (TPSA) is 51.0 Å². The summed E-state index contributed by atoms with van der Waals surface area (Å²) in [6.45, 7) is 4.16. The Morgan fingerprint density at radius 3 is 3.20 bits per heavy atom. The third-order valence-electron chi connectivity index (χ3n) is 3.17. The molecule has 0 aliphatic heterocycles. The summed E-state index contributed by atoms with van der Waals surface area (Å²) in [5.41, 5.74) is 0. The van der Waals surface area contributed by atoms with Crippen LogP contribution in [-0.4, -0.2) is 16.7 Å². The minimum atomic E-state index is 0.724. The number of nitrogens with one attached hydrogen (secondary N) is 1. The molecule has 4 heteroatoms. The lowest BCUT2D eigenvalue weighted by Gasteiger charge is -2.26. The predicted octanol–water partition coefficient (Wildman–Crippen LogP) is 1.99. The Morgan fingerprint density at radius 2 is 2.47 bits per heavy atom. The van der Waals surface area contributed by atoms with Gasteiger partial charge >= 0.3 is 0 Å². The largest absolute Gasteiger partial charge is 0.343 e. The molecule has 1 N–H and O–H groups in total. The van der Waals surface area contributed by atoms with Gasteiger partial charge in [-0.15, -0.1) is 0 Å². The fourth-order valence-corrected chi connectivity index (χ4v) is 2.40. The van der Waals surface area contributed by atoms with Crippen LogP contribution in [0.15, 0.2) is 10.9 Å². The fraction of sp³-hybridized carbons (Fsp3) is 0.818. The molecule has 1 aliphatic carbocycles. The first-order valence-corrected chi connectivity index (χ1v) is 5.80. The smallest absolute Gasteiger partial charge is 0.213 e. The van der Waals surface area contributed by atoms with E-state index in [-0.39, 0.29) is 0 Å². The average molecular weight is 209 g/mol. The van der Waals surface area contributed by atoms with Crippen LogP contribution in [0.3, 0.4) is 0 Å². The molecule has 1 aromatic heterocycles. The quantitative estimate of drug-likeness (QED) is 0.824. The first-order valence-electron chi connectivity index (χ1n) is 5.80. The summed E-state index contributed by atoms with van der Waals surface area (Å²) < 4.78 is 4.67. The zero-order valence-electron chi connectivity index (χ0n) is 9.28. The average Bonchev–Trinajstić information content (AvgIpc) is 2.71. The van der Waals surface area contributed by atoms with Crippen LogP contribution in [0.5, 0.6) is 0 Å². The summed E-state index contributed by atoms with van der Waals surface area (Å²) in [4.78, 5) is 3.97. The molecule has 0 bridgehead atoms. The molecule has 15 heavy (non-hydrogen) atoms. The Kier molecular flexibility index (Phi) is 3.72. The van der Waals surface area contributed by atoms with Crippen molar-refractivity contribution in [3.05, 3.63) is 12.2 Å². The van der Waals surface area contributed by atoms with Crippen molar-refractivity contribution in [3.63, 3.8) is 0 Å². The van der Waals surface area contributed by atoms with Crippen molar-refractivity contribution in [1.29, 1.82) is 0 Å². The molecule has 0 aromatic carbocycles. The Bertz CT molecular complexity index is 273. The van der Waals surface area contributed by atoms with E-state index >= 15 is 0 Å². The number of rotatable bonds is 4. The maximum Gasteiger partial charge on any atom is 0.213 e. The highest BCUT2D eigenvalue weighted by Crippen LogP contribution is 2.27. The van der Waals surface area contributed by atoms with Crippen molar-refractivity contribution < 1.29 is 4.52 Å². The molecular weight excluding hydrogens is 190 g/mol. The molecule has 2 rings (SSSR count). The molecule has 84 valence electrons. The third kappa shape index (κ3) is 3.30. The summed E-state index contributed by atoms with van der Waals surface area (Å²) in [6, 6.07) is 0. The van der Waals surface area contributed by atoms with E-state index in [1.54, 1.807) is 0 Å². The normalized spacial score (nSPS) is 26.7. The number of hydrogen-bond donors (Lipinski definition) is 1. The fourth-order valence-electron chi connectivity index (χ4n) is 2.40. The second-order valence-corrected chi connectivity index (χ2v) is 4.62. The molecule has 1 aliphatic rings. The minimum absolute atomic E-state index is 0.724. The Balaban J connectivity index is 1.65. The Morgan fingerprint density at radius 1 is 1.53 bits per heavy atom. The summed E-state index contributed by atoms with van der Waals surface area (Å²) in [6.07, 6.45) is 6.89. The molecular formula is C11H19N3O. The van der Waals surface area contributed by atoms with Crippen molar-refractivity contribution in [1.82, 2.24) is 15.5 Å². The SMILES string of the molecule is CC1CCCC(CNCc2ncon2)C1. The summed E-state index contributed by atoms with van der Waals surface area (Å²) >= 11 is 0. The molecule has 0 saturated heterocycles. The van der Waals surface area contributed by atoms with Crippen LogP contribution >= 0.6 is 0 Å². The minimum Gasteiger partial charge on any atom is -0.343 e. The van der Waals surface area contributed by atoms with E-state index in [0.29, 0.717) is 0 Å². The van der Waals surface area contributed by atoms with Gasteiger partial charge < -0.3 is 9.84 Å². The van der Waals surface area contributed by atoms with E-state index in [1.165, 1.54) is 32.1 Å². The summed E-state index contributed by atoms with van der Waals surface area (Å²) in [5, 5.41) is 7.16. The van der Waals surface area contributed by atoms with Crippen LogP contribution in [-0.2, 0) is 6.54 Å². The molecule has 1 aromatic rings. The Hall–Kier alpha value is -0.900. The molecule has 1 saturated carbocycles. The van der Waals surface area contributed by atoms with Crippen molar-refractivity contribution in [2.24, 2.45) is 11.8 Å². The van der Waals surface area contributed by atoms with Crippen LogP contribution in [0.4, 0.5) is 0 Å². The van der Waals surface area contributed by atoms with Gasteiger partial charge in [0.2, 0.25) is 6.39 Å². The van der Waals surface area contributed by atoms with Gasteiger partial charge in [-0.05, 0) is 31.2 Å². The Labute approximate surface area is 90.4 Å². The third-order valence-corrected chi connectivity index (χ3v) is 3.17. The van der Waals surface area contributed by atoms with Crippen LogP contribution in [0.2, 0.25) is 0 Å². The standard InChI is InChI=1S/C11H19N3O/c1-9-3-2-4-10(5-9)6-12-7-11-13-8-15-14-11/h8-10,12H,2-7H2,1H3. The summed E-state index contributed by atoms with van der Waals surface area (Å²) in [5.74, 6) is 2.48. The zero-order chi connectivity index (χ0) is 10.5. The molecule has 2 unspecified atom stereocenters. The maximum absolute atomic E-state index is 4.67. The van der Waals surface area contributed by atoms with Gasteiger partial charge in [0, 0.05) is 0 Å². The van der Waals surface area contributed by atoms with Gasteiger partial charge in [0.15, 0.2) is 5.82 Å². The lowest BCUT2D eigenvalue weighted by atomic mass is 9.82. The van der Waals surface area contributed by atoms with E-state index in [1.807, 2.05) is 0 Å². The van der Waals surface area contributed by atoms with Gasteiger partial charge in [0.05, 0.1) is 6.54 Å². The van der Waals surface area contributed by atoms with E-state index in [0.717, 1.165) is 30.7 Å². The molecule has 0 amide bonds. The molecule has 4 nitrogen and oxygen atoms in total. The first kappa shape index (κ1) is 10.6. The van der Waals surface area contributed by atoms with Crippen molar-refractivity contribution >= 4 is 0 Å². The second-order valence-electron chi connectivity index (χ2n) is 4.62.